The molecule has 0 saturated heterocycles. The molecule has 434 valence electrons. The highest BCUT2D eigenvalue weighted by atomic mass is 16.5. The SMILES string of the molecule is CCCCCCC/C=C\CCCCCCCC(=O)OCCCCCCCCCCC/C=C\C/C=C\CCCCCCCCCCCC(=O)NC(CO)C(O)/C=C/CCCCCCCCCCCCCCCCCC. The highest BCUT2D eigenvalue weighted by Crippen LogP contribution is 2.17. The summed E-state index contributed by atoms with van der Waals surface area (Å²) in [5.74, 6) is -0.0725. The summed E-state index contributed by atoms with van der Waals surface area (Å²) >= 11 is 0. The van der Waals surface area contributed by atoms with Gasteiger partial charge in [0.2, 0.25) is 5.91 Å². The molecule has 0 aliphatic carbocycles. The molecular weight excluding hydrogens is 911 g/mol. The second-order valence-electron chi connectivity index (χ2n) is 22.4. The van der Waals surface area contributed by atoms with Gasteiger partial charge in [-0.25, -0.2) is 0 Å². The summed E-state index contributed by atoms with van der Waals surface area (Å²) in [6.07, 6.45) is 81.6. The van der Waals surface area contributed by atoms with Crippen molar-refractivity contribution in [1.82, 2.24) is 5.32 Å². The Morgan fingerprint density at radius 1 is 0.378 bits per heavy atom. The largest absolute Gasteiger partial charge is 0.466 e. The lowest BCUT2D eigenvalue weighted by Gasteiger charge is -2.20. The van der Waals surface area contributed by atoms with E-state index in [1.807, 2.05) is 6.08 Å². The summed E-state index contributed by atoms with van der Waals surface area (Å²) in [5, 5.41) is 23.2. The summed E-state index contributed by atoms with van der Waals surface area (Å²) in [4.78, 5) is 24.5. The van der Waals surface area contributed by atoms with Crippen LogP contribution in [-0.4, -0.2) is 47.4 Å². The van der Waals surface area contributed by atoms with Crippen LogP contribution in [0.15, 0.2) is 48.6 Å². The van der Waals surface area contributed by atoms with Crippen molar-refractivity contribution in [3.05, 3.63) is 48.6 Å². The number of carbonyl (C=O) groups excluding carboxylic acids is 2. The summed E-state index contributed by atoms with van der Waals surface area (Å²) in [5.41, 5.74) is 0. The van der Waals surface area contributed by atoms with Crippen LogP contribution >= 0.6 is 0 Å². The lowest BCUT2D eigenvalue weighted by atomic mass is 10.0. The zero-order valence-corrected chi connectivity index (χ0v) is 49.6. The quantitative estimate of drug-likeness (QED) is 0.0320. The molecule has 0 rings (SSSR count). The number of carbonyl (C=O) groups is 2. The molecule has 0 aromatic heterocycles. The predicted molar refractivity (Wildman–Crippen MR) is 324 cm³/mol. The fourth-order valence-electron chi connectivity index (χ4n) is 10.0. The van der Waals surface area contributed by atoms with Gasteiger partial charge >= 0.3 is 5.97 Å². The molecule has 2 atom stereocenters. The maximum atomic E-state index is 12.5. The Kier molecular flexibility index (Phi) is 61.5. The molecule has 1 amide bonds. The Morgan fingerprint density at radius 3 is 1.04 bits per heavy atom. The third kappa shape index (κ3) is 59.1. The van der Waals surface area contributed by atoms with Crippen LogP contribution in [0.25, 0.3) is 0 Å². The number of hydrogen-bond acceptors (Lipinski definition) is 5. The van der Waals surface area contributed by atoms with E-state index in [0.717, 1.165) is 51.4 Å². The first-order valence-electron chi connectivity index (χ1n) is 32.9. The van der Waals surface area contributed by atoms with Gasteiger partial charge in [-0.05, 0) is 89.9 Å². The monoisotopic (exact) mass is 1040 g/mol. The number of rotatable bonds is 61. The molecule has 2 unspecified atom stereocenters. The number of hydrogen-bond donors (Lipinski definition) is 3. The van der Waals surface area contributed by atoms with E-state index in [1.54, 1.807) is 6.08 Å². The molecule has 0 heterocycles. The average molecular weight is 1040 g/mol. The molecule has 0 saturated carbocycles. The van der Waals surface area contributed by atoms with Crippen molar-refractivity contribution < 1.29 is 24.5 Å². The van der Waals surface area contributed by atoms with Crippen LogP contribution in [0, 0.1) is 0 Å². The number of amides is 1. The number of esters is 1. The minimum atomic E-state index is -0.850. The van der Waals surface area contributed by atoms with E-state index in [2.05, 4.69) is 55.6 Å². The molecule has 0 bridgehead atoms. The first-order valence-corrected chi connectivity index (χ1v) is 32.9. The predicted octanol–water partition coefficient (Wildman–Crippen LogP) is 20.9. The third-order valence-corrected chi connectivity index (χ3v) is 15.1. The number of aliphatic hydroxyl groups excluding tert-OH is 2. The van der Waals surface area contributed by atoms with E-state index >= 15 is 0 Å². The lowest BCUT2D eigenvalue weighted by molar-refractivity contribution is -0.143. The minimum absolute atomic E-state index is 0.0000970. The van der Waals surface area contributed by atoms with Crippen LogP contribution in [0.2, 0.25) is 0 Å². The summed E-state index contributed by atoms with van der Waals surface area (Å²) in [7, 11) is 0. The van der Waals surface area contributed by atoms with Crippen LogP contribution in [0.1, 0.15) is 348 Å². The number of allylic oxidation sites excluding steroid dienone is 7. The van der Waals surface area contributed by atoms with Crippen molar-refractivity contribution in [2.24, 2.45) is 0 Å². The van der Waals surface area contributed by atoms with Crippen LogP contribution in [0.5, 0.6) is 0 Å². The number of ether oxygens (including phenoxy) is 1. The van der Waals surface area contributed by atoms with Gasteiger partial charge in [-0.3, -0.25) is 9.59 Å². The van der Waals surface area contributed by atoms with Crippen LogP contribution in [0.4, 0.5) is 0 Å². The number of aliphatic hydroxyl groups is 2. The molecule has 0 fully saturated rings. The van der Waals surface area contributed by atoms with Crippen LogP contribution in [0.3, 0.4) is 0 Å². The summed E-state index contributed by atoms with van der Waals surface area (Å²) in [6, 6.07) is -0.634. The van der Waals surface area contributed by atoms with Crippen LogP contribution < -0.4 is 5.32 Å². The normalized spacial score (nSPS) is 12.9. The Morgan fingerprint density at radius 2 is 0.676 bits per heavy atom. The molecule has 0 aliphatic rings. The Balaban J connectivity index is 3.47. The van der Waals surface area contributed by atoms with Crippen molar-refractivity contribution >= 4 is 11.9 Å². The molecule has 6 nitrogen and oxygen atoms in total. The molecular formula is C68H127NO5. The molecule has 74 heavy (non-hydrogen) atoms. The smallest absolute Gasteiger partial charge is 0.305 e. The van der Waals surface area contributed by atoms with E-state index in [9.17, 15) is 19.8 Å². The lowest BCUT2D eigenvalue weighted by Crippen LogP contribution is -2.45. The topological polar surface area (TPSA) is 95.9 Å². The molecule has 0 radical (unpaired) electrons. The van der Waals surface area contributed by atoms with Crippen molar-refractivity contribution in [3.63, 3.8) is 0 Å². The molecule has 3 N–H and O–H groups in total. The first kappa shape index (κ1) is 71.8. The summed E-state index contributed by atoms with van der Waals surface area (Å²) < 4.78 is 5.47. The van der Waals surface area contributed by atoms with Gasteiger partial charge in [-0.1, -0.05) is 294 Å². The van der Waals surface area contributed by atoms with E-state index in [1.165, 1.54) is 270 Å². The van der Waals surface area contributed by atoms with Gasteiger partial charge in [0, 0.05) is 12.8 Å². The molecule has 6 heteroatoms. The highest BCUT2D eigenvalue weighted by molar-refractivity contribution is 5.76. The standard InChI is InChI=1S/C68H127NO5/c1-3-5-7-9-11-13-15-17-19-20-30-33-36-40-44-48-52-56-60-66(71)65(64-70)69-67(72)61-57-53-49-45-41-37-34-31-28-26-24-22-21-23-25-27-29-32-35-39-43-47-51-55-59-63-74-68(73)62-58-54-50-46-42-38-18-16-14-12-10-8-6-4-2/h16,18,22-25,56,60,65-66,70-71H,3-15,17,19-21,26-55,57-59,61-64H2,1-2H3,(H,69,72)/b18-16-,24-22-,25-23-,60-56+. The zero-order chi connectivity index (χ0) is 53.6. The van der Waals surface area contributed by atoms with Gasteiger partial charge in [-0.2, -0.15) is 0 Å². The Bertz CT molecular complexity index is 1240. The number of unbranched alkanes of at least 4 members (excludes halogenated alkanes) is 44. The molecule has 0 spiro atoms. The zero-order valence-electron chi connectivity index (χ0n) is 49.6. The van der Waals surface area contributed by atoms with E-state index in [-0.39, 0.29) is 18.5 Å². The molecule has 0 aromatic rings. The van der Waals surface area contributed by atoms with Gasteiger partial charge in [0.05, 0.1) is 25.4 Å². The number of nitrogens with one attached hydrogen (secondary N) is 1. The second kappa shape index (κ2) is 63.4. The average Bonchev–Trinajstić information content (AvgIpc) is 3.40. The van der Waals surface area contributed by atoms with Crippen molar-refractivity contribution in [2.45, 2.75) is 360 Å². The van der Waals surface area contributed by atoms with Crippen LogP contribution in [-0.2, 0) is 14.3 Å². The third-order valence-electron chi connectivity index (χ3n) is 15.1. The van der Waals surface area contributed by atoms with Crippen molar-refractivity contribution in [2.75, 3.05) is 13.2 Å². The fourth-order valence-corrected chi connectivity index (χ4v) is 10.0. The second-order valence-corrected chi connectivity index (χ2v) is 22.4. The highest BCUT2D eigenvalue weighted by Gasteiger charge is 2.18. The summed E-state index contributed by atoms with van der Waals surface area (Å²) in [6.45, 7) is 4.90. The van der Waals surface area contributed by atoms with E-state index in [0.29, 0.717) is 19.4 Å². The first-order chi connectivity index (χ1) is 36.5. The maximum absolute atomic E-state index is 12.5. The van der Waals surface area contributed by atoms with Gasteiger partial charge in [0.1, 0.15) is 0 Å². The van der Waals surface area contributed by atoms with E-state index < -0.39 is 12.1 Å². The van der Waals surface area contributed by atoms with Gasteiger partial charge < -0.3 is 20.3 Å². The van der Waals surface area contributed by atoms with Gasteiger partial charge in [-0.15, -0.1) is 0 Å². The molecule has 0 aliphatic heterocycles. The fraction of sp³-hybridized carbons (Fsp3) is 0.853. The van der Waals surface area contributed by atoms with Crippen molar-refractivity contribution in [1.29, 1.82) is 0 Å². The van der Waals surface area contributed by atoms with Gasteiger partial charge in [0.25, 0.3) is 0 Å². The van der Waals surface area contributed by atoms with Gasteiger partial charge in [0.15, 0.2) is 0 Å². The van der Waals surface area contributed by atoms with E-state index in [4.69, 9.17) is 4.74 Å². The maximum Gasteiger partial charge on any atom is 0.305 e. The Hall–Kier alpha value is -2.18. The van der Waals surface area contributed by atoms with Crippen molar-refractivity contribution in [3.8, 4) is 0 Å². The minimum Gasteiger partial charge on any atom is -0.466 e. The Labute approximate surface area is 461 Å². The molecule has 0 aromatic carbocycles.